The average Bonchev–Trinajstić information content (AvgIpc) is 3.73. The van der Waals surface area contributed by atoms with Gasteiger partial charge in [-0.25, -0.2) is 18.2 Å². The van der Waals surface area contributed by atoms with E-state index in [-0.39, 0.29) is 11.0 Å². The third-order valence-corrected chi connectivity index (χ3v) is 6.14. The molecule has 0 saturated heterocycles. The van der Waals surface area contributed by atoms with Gasteiger partial charge in [-0.2, -0.15) is 35.1 Å². The van der Waals surface area contributed by atoms with Crippen LogP contribution in [0.1, 0.15) is 29.9 Å². The summed E-state index contributed by atoms with van der Waals surface area (Å²) in [4.78, 5) is 6.99. The van der Waals surface area contributed by atoms with Crippen LogP contribution in [0.15, 0.2) is 60.8 Å². The minimum Gasteiger partial charge on any atom is -0.275 e. The first-order valence-electron chi connectivity index (χ1n) is 13.1. The Kier molecular flexibility index (Phi) is 9.29. The van der Waals surface area contributed by atoms with Crippen LogP contribution in [0.3, 0.4) is 0 Å². The number of aryl methyl sites for hydroxylation is 3. The summed E-state index contributed by atoms with van der Waals surface area (Å²) in [6.45, 7) is 0.366. The molecule has 0 fully saturated rings. The zero-order valence-corrected chi connectivity index (χ0v) is 23.6. The van der Waals surface area contributed by atoms with Gasteiger partial charge >= 0.3 is 0 Å². The summed E-state index contributed by atoms with van der Waals surface area (Å²) < 4.78 is 40.4. The van der Waals surface area contributed by atoms with Crippen molar-refractivity contribution in [1.29, 1.82) is 0 Å². The van der Waals surface area contributed by atoms with Crippen molar-refractivity contribution >= 4 is 33.7 Å². The summed E-state index contributed by atoms with van der Waals surface area (Å²) in [6, 6.07) is 14.4. The van der Waals surface area contributed by atoms with Gasteiger partial charge in [0.15, 0.2) is 11.6 Å². The number of hydrogen-bond donors (Lipinski definition) is 0. The van der Waals surface area contributed by atoms with Crippen molar-refractivity contribution in [2.24, 2.45) is 7.05 Å². The summed E-state index contributed by atoms with van der Waals surface area (Å²) in [5.74, 6) is 9.87. The zero-order chi connectivity index (χ0) is 30.2. The Morgan fingerprint density at radius 2 is 1.37 bits per heavy atom. The van der Waals surface area contributed by atoms with Crippen LogP contribution in [0.2, 0.25) is 5.02 Å². The highest BCUT2D eigenvalue weighted by Gasteiger charge is 2.09. The SMILES string of the molecule is Cn1ccc(C#CCCn2nc3cccc(Cl)c3n2)n1.FCc1cccc(C#CCCn2nc3cc(F)c(F)cc3n2)n1. The monoisotopic (exact) mass is 601 g/mol. The first-order valence-corrected chi connectivity index (χ1v) is 13.4. The lowest BCUT2D eigenvalue weighted by atomic mass is 10.3. The fourth-order valence-corrected chi connectivity index (χ4v) is 4.03. The van der Waals surface area contributed by atoms with Crippen molar-refractivity contribution in [3.8, 4) is 23.7 Å². The molecule has 6 rings (SSSR count). The van der Waals surface area contributed by atoms with Gasteiger partial charge in [0.1, 0.15) is 40.1 Å². The van der Waals surface area contributed by atoms with Crippen LogP contribution in [0.25, 0.3) is 22.1 Å². The lowest BCUT2D eigenvalue weighted by Gasteiger charge is -1.94. The van der Waals surface area contributed by atoms with Crippen molar-refractivity contribution in [3.05, 3.63) is 94.5 Å². The quantitative estimate of drug-likeness (QED) is 0.250. The van der Waals surface area contributed by atoms with Gasteiger partial charge in [-0.15, -0.1) is 0 Å². The number of fused-ring (bicyclic) bond motifs is 2. The lowest BCUT2D eigenvalue weighted by molar-refractivity contribution is 0.476. The Hall–Kier alpha value is -5.20. The van der Waals surface area contributed by atoms with E-state index in [9.17, 15) is 13.2 Å². The van der Waals surface area contributed by atoms with Gasteiger partial charge < -0.3 is 0 Å². The highest BCUT2D eigenvalue weighted by molar-refractivity contribution is 6.34. The highest BCUT2D eigenvalue weighted by Crippen LogP contribution is 2.19. The molecule has 0 amide bonds. The predicted molar refractivity (Wildman–Crippen MR) is 155 cm³/mol. The van der Waals surface area contributed by atoms with Crippen molar-refractivity contribution in [1.82, 2.24) is 44.8 Å². The average molecular weight is 602 g/mol. The van der Waals surface area contributed by atoms with Gasteiger partial charge in [0, 0.05) is 38.2 Å². The van der Waals surface area contributed by atoms with E-state index in [0.29, 0.717) is 42.3 Å². The molecule has 0 spiro atoms. The van der Waals surface area contributed by atoms with Crippen LogP contribution in [-0.2, 0) is 26.8 Å². The second-order valence-corrected chi connectivity index (χ2v) is 9.49. The van der Waals surface area contributed by atoms with Gasteiger partial charge in [-0.3, -0.25) is 4.68 Å². The minimum atomic E-state index is -0.955. The number of benzene rings is 2. The number of hydrogen-bond acceptors (Lipinski definition) is 6. The third-order valence-electron chi connectivity index (χ3n) is 5.83. The van der Waals surface area contributed by atoms with Crippen molar-refractivity contribution < 1.29 is 13.2 Å². The molecule has 0 saturated carbocycles. The fraction of sp³-hybridized carbons (Fsp3) is 0.200. The number of rotatable bonds is 5. The number of pyridine rings is 1. The predicted octanol–water partition coefficient (Wildman–Crippen LogP) is 5.28. The van der Waals surface area contributed by atoms with Crippen LogP contribution in [-0.4, -0.2) is 44.8 Å². The van der Waals surface area contributed by atoms with Crippen molar-refractivity contribution in [3.63, 3.8) is 0 Å². The Balaban J connectivity index is 0.000000173. The van der Waals surface area contributed by atoms with E-state index < -0.39 is 18.3 Å². The first-order chi connectivity index (χ1) is 20.9. The molecule has 2 aromatic carbocycles. The normalized spacial score (nSPS) is 10.5. The largest absolute Gasteiger partial charge is 0.275 e. The van der Waals surface area contributed by atoms with E-state index in [1.807, 2.05) is 37.5 Å². The van der Waals surface area contributed by atoms with Crippen LogP contribution in [0, 0.1) is 35.3 Å². The van der Waals surface area contributed by atoms with Gasteiger partial charge in [-0.05, 0) is 42.2 Å². The summed E-state index contributed by atoms with van der Waals surface area (Å²) in [6.07, 6.45) is 2.95. The summed E-state index contributed by atoms with van der Waals surface area (Å²) in [7, 11) is 1.87. The lowest BCUT2D eigenvalue weighted by Crippen LogP contribution is -2.01. The Morgan fingerprint density at radius 1 is 0.744 bits per heavy atom. The second kappa shape index (κ2) is 13.6. The molecule has 0 N–H and O–H groups in total. The Bertz CT molecular complexity index is 1970. The van der Waals surface area contributed by atoms with Crippen LogP contribution in [0.5, 0.6) is 0 Å². The molecule has 6 aromatic rings. The summed E-state index contributed by atoms with van der Waals surface area (Å²) in [5.41, 5.74) is 3.70. The zero-order valence-electron chi connectivity index (χ0n) is 22.8. The number of alkyl halides is 1. The molecule has 0 atom stereocenters. The second-order valence-electron chi connectivity index (χ2n) is 9.08. The molecule has 4 aromatic heterocycles. The minimum absolute atomic E-state index is 0.286. The molecule has 0 radical (unpaired) electrons. The smallest absolute Gasteiger partial charge is 0.161 e. The van der Waals surface area contributed by atoms with E-state index >= 15 is 0 Å². The molecule has 216 valence electrons. The third kappa shape index (κ3) is 7.76. The van der Waals surface area contributed by atoms with Gasteiger partial charge in [0.2, 0.25) is 0 Å². The topological polar surface area (TPSA) is 92.1 Å². The maximum atomic E-state index is 13.1. The molecule has 4 heterocycles. The standard InChI is InChI=1S/C16H11F3N4.C14H12ClN5/c17-10-12-6-3-5-11(20-12)4-1-2-7-23-21-15-8-13(18)14(19)9-16(15)22-23;1-19-10-8-11(16-19)5-2-3-9-20-17-13-7-4-6-12(15)14(13)18-20/h3,5-6,8-9H,2,7,10H2;4,6-8,10H,3,9H2,1H3. The van der Waals surface area contributed by atoms with Gasteiger partial charge in [-0.1, -0.05) is 35.6 Å². The van der Waals surface area contributed by atoms with E-state index in [1.54, 1.807) is 27.7 Å². The molecule has 0 aliphatic heterocycles. The molecule has 0 aliphatic rings. The first kappa shape index (κ1) is 29.3. The summed E-state index contributed by atoms with van der Waals surface area (Å²) in [5, 5.41) is 21.6. The fourth-order valence-electron chi connectivity index (χ4n) is 3.83. The van der Waals surface area contributed by atoms with E-state index in [4.69, 9.17) is 11.6 Å². The Morgan fingerprint density at radius 3 is 2.00 bits per heavy atom. The maximum absolute atomic E-state index is 13.1. The summed E-state index contributed by atoms with van der Waals surface area (Å²) >= 11 is 6.06. The van der Waals surface area contributed by atoms with Crippen molar-refractivity contribution in [2.75, 3.05) is 0 Å². The number of nitrogens with zero attached hydrogens (tertiary/aromatic N) is 9. The van der Waals surface area contributed by atoms with E-state index in [2.05, 4.69) is 54.2 Å². The van der Waals surface area contributed by atoms with Gasteiger partial charge in [0.05, 0.1) is 23.8 Å². The van der Waals surface area contributed by atoms with E-state index in [0.717, 1.165) is 28.9 Å². The molecule has 13 heteroatoms. The molecule has 0 aliphatic carbocycles. The molecule has 9 nitrogen and oxygen atoms in total. The van der Waals surface area contributed by atoms with E-state index in [1.165, 1.54) is 4.80 Å². The van der Waals surface area contributed by atoms with Crippen molar-refractivity contribution in [2.45, 2.75) is 32.6 Å². The Labute approximate surface area is 249 Å². The number of halogens is 4. The molecular formula is C30H23ClF3N9. The number of aromatic nitrogens is 9. The van der Waals surface area contributed by atoms with Crippen LogP contribution < -0.4 is 0 Å². The highest BCUT2D eigenvalue weighted by atomic mass is 35.5. The van der Waals surface area contributed by atoms with Crippen LogP contribution >= 0.6 is 11.6 Å². The molecule has 0 unspecified atom stereocenters. The molecule has 0 bridgehead atoms. The molecular weight excluding hydrogens is 579 g/mol. The van der Waals surface area contributed by atoms with Gasteiger partial charge in [0.25, 0.3) is 0 Å². The maximum Gasteiger partial charge on any atom is 0.161 e. The van der Waals surface area contributed by atoms with Crippen LogP contribution in [0.4, 0.5) is 13.2 Å². The molecule has 43 heavy (non-hydrogen) atoms.